The van der Waals surface area contributed by atoms with E-state index >= 15 is 0 Å². The van der Waals surface area contributed by atoms with Gasteiger partial charge in [-0.1, -0.05) is 18.2 Å². The van der Waals surface area contributed by atoms with Gasteiger partial charge in [0.05, 0.1) is 6.26 Å². The molecule has 0 saturated carbocycles. The molecule has 132 valence electrons. The molecule has 1 aromatic heterocycles. The van der Waals surface area contributed by atoms with Crippen LogP contribution in [0.15, 0.2) is 41.0 Å². The van der Waals surface area contributed by atoms with Crippen molar-refractivity contribution in [3.8, 4) is 0 Å². The van der Waals surface area contributed by atoms with Crippen molar-refractivity contribution in [2.45, 2.75) is 32.9 Å². The van der Waals surface area contributed by atoms with E-state index in [2.05, 4.69) is 10.6 Å². The molecule has 0 aliphatic carbocycles. The monoisotopic (exact) mass is 344 g/mol. The largest absolute Gasteiger partial charge is 0.479 e. The van der Waals surface area contributed by atoms with Gasteiger partial charge in [-0.25, -0.2) is 4.79 Å². The van der Waals surface area contributed by atoms with E-state index in [9.17, 15) is 19.5 Å². The third-order valence-corrected chi connectivity index (χ3v) is 3.88. The van der Waals surface area contributed by atoms with Crippen LogP contribution in [0.3, 0.4) is 0 Å². The van der Waals surface area contributed by atoms with E-state index in [-0.39, 0.29) is 5.76 Å². The Morgan fingerprint density at radius 1 is 1.08 bits per heavy atom. The molecule has 2 amide bonds. The Bertz CT molecular complexity index is 783. The first kappa shape index (κ1) is 18.3. The number of nitrogens with one attached hydrogen (secondary N) is 2. The summed E-state index contributed by atoms with van der Waals surface area (Å²) < 4.78 is 4.95. The van der Waals surface area contributed by atoms with Crippen LogP contribution in [0.5, 0.6) is 0 Å². The van der Waals surface area contributed by atoms with Crippen molar-refractivity contribution in [3.05, 3.63) is 59.0 Å². The van der Waals surface area contributed by atoms with Gasteiger partial charge >= 0.3 is 5.97 Å². The first-order chi connectivity index (χ1) is 11.8. The average Bonchev–Trinajstić information content (AvgIpc) is 3.09. The van der Waals surface area contributed by atoms with Crippen molar-refractivity contribution in [1.82, 2.24) is 10.6 Å². The lowest BCUT2D eigenvalue weighted by molar-refractivity contribution is -0.142. The number of carbonyl (C=O) groups is 3. The van der Waals surface area contributed by atoms with Crippen molar-refractivity contribution in [3.63, 3.8) is 0 Å². The molecule has 0 fully saturated rings. The van der Waals surface area contributed by atoms with Crippen molar-refractivity contribution in [2.75, 3.05) is 0 Å². The van der Waals surface area contributed by atoms with Gasteiger partial charge in [0.2, 0.25) is 5.91 Å². The second-order valence-corrected chi connectivity index (χ2v) is 5.80. The van der Waals surface area contributed by atoms with Crippen LogP contribution < -0.4 is 10.6 Å². The number of aliphatic carboxylic acids is 1. The van der Waals surface area contributed by atoms with E-state index in [0.29, 0.717) is 5.56 Å². The maximum Gasteiger partial charge on any atom is 0.330 e. The predicted octanol–water partition coefficient (Wildman–Crippen LogP) is 1.96. The molecule has 0 aliphatic rings. The lowest BCUT2D eigenvalue weighted by atomic mass is 10.0. The maximum absolute atomic E-state index is 12.3. The molecule has 3 N–H and O–H groups in total. The van der Waals surface area contributed by atoms with Crippen LogP contribution in [0.4, 0.5) is 0 Å². The maximum atomic E-state index is 12.3. The predicted molar refractivity (Wildman–Crippen MR) is 90.1 cm³/mol. The van der Waals surface area contributed by atoms with E-state index in [4.69, 9.17) is 4.42 Å². The number of benzene rings is 1. The van der Waals surface area contributed by atoms with Crippen LogP contribution in [0.25, 0.3) is 0 Å². The molecule has 0 spiro atoms. The van der Waals surface area contributed by atoms with Gasteiger partial charge in [0.1, 0.15) is 6.04 Å². The molecule has 7 heteroatoms. The molecule has 0 saturated heterocycles. The number of carboxylic acid groups (broad SMARTS) is 1. The molecule has 0 bridgehead atoms. The van der Waals surface area contributed by atoms with Gasteiger partial charge in [-0.2, -0.15) is 0 Å². The van der Waals surface area contributed by atoms with Gasteiger partial charge < -0.3 is 20.2 Å². The summed E-state index contributed by atoms with van der Waals surface area (Å²) in [5.41, 5.74) is 2.42. The van der Waals surface area contributed by atoms with Crippen LogP contribution in [-0.2, 0) is 9.59 Å². The first-order valence-corrected chi connectivity index (χ1v) is 7.74. The molecule has 25 heavy (non-hydrogen) atoms. The fourth-order valence-electron chi connectivity index (χ4n) is 2.24. The molecule has 0 aliphatic heterocycles. The smallest absolute Gasteiger partial charge is 0.330 e. The minimum atomic E-state index is -1.20. The highest BCUT2D eigenvalue weighted by atomic mass is 16.4. The zero-order valence-electron chi connectivity index (χ0n) is 14.2. The highest BCUT2D eigenvalue weighted by molar-refractivity contribution is 5.96. The molecule has 2 unspecified atom stereocenters. The van der Waals surface area contributed by atoms with Crippen molar-refractivity contribution in [1.29, 1.82) is 0 Å². The van der Waals surface area contributed by atoms with E-state index in [1.165, 1.54) is 19.3 Å². The zero-order chi connectivity index (χ0) is 18.6. The van der Waals surface area contributed by atoms with E-state index in [0.717, 1.165) is 11.1 Å². The van der Waals surface area contributed by atoms with Crippen LogP contribution in [-0.4, -0.2) is 28.9 Å². The molecule has 2 rings (SSSR count). The summed E-state index contributed by atoms with van der Waals surface area (Å²) in [6, 6.07) is 6.08. The van der Waals surface area contributed by atoms with Gasteiger partial charge in [0.25, 0.3) is 5.91 Å². The fraction of sp³-hybridized carbons (Fsp3) is 0.278. The summed E-state index contributed by atoms with van der Waals surface area (Å²) in [6.07, 6.45) is 1.35. The van der Waals surface area contributed by atoms with Crippen LogP contribution in [0.1, 0.15) is 40.2 Å². The Morgan fingerprint density at radius 3 is 2.36 bits per heavy atom. The minimum Gasteiger partial charge on any atom is -0.479 e. The van der Waals surface area contributed by atoms with Gasteiger partial charge in [0.15, 0.2) is 11.8 Å². The first-order valence-electron chi connectivity index (χ1n) is 7.74. The number of amides is 2. The number of carbonyl (C=O) groups excluding carboxylic acids is 2. The second-order valence-electron chi connectivity index (χ2n) is 5.80. The van der Waals surface area contributed by atoms with Gasteiger partial charge in [0, 0.05) is 0 Å². The van der Waals surface area contributed by atoms with E-state index in [1.54, 1.807) is 24.3 Å². The van der Waals surface area contributed by atoms with Gasteiger partial charge in [-0.3, -0.25) is 9.59 Å². The minimum absolute atomic E-state index is 0.0728. The van der Waals surface area contributed by atoms with Crippen molar-refractivity contribution in [2.24, 2.45) is 0 Å². The highest BCUT2D eigenvalue weighted by Crippen LogP contribution is 2.18. The normalized spacial score (nSPS) is 12.9. The van der Waals surface area contributed by atoms with Gasteiger partial charge in [-0.05, 0) is 49.6 Å². The summed E-state index contributed by atoms with van der Waals surface area (Å²) in [7, 11) is 0. The number of furan rings is 1. The number of carboxylic acids is 1. The Kier molecular flexibility index (Phi) is 5.59. The van der Waals surface area contributed by atoms with Crippen molar-refractivity contribution >= 4 is 17.8 Å². The Balaban J connectivity index is 2.08. The lowest BCUT2D eigenvalue weighted by Gasteiger charge is -2.19. The Hall–Kier alpha value is -3.09. The zero-order valence-corrected chi connectivity index (χ0v) is 14.2. The molecular formula is C18H20N2O5. The van der Waals surface area contributed by atoms with Crippen LogP contribution in [0.2, 0.25) is 0 Å². The van der Waals surface area contributed by atoms with Crippen molar-refractivity contribution < 1.29 is 23.9 Å². The van der Waals surface area contributed by atoms with Crippen LogP contribution in [0, 0.1) is 13.8 Å². The van der Waals surface area contributed by atoms with Crippen LogP contribution >= 0.6 is 0 Å². The molecule has 7 nitrogen and oxygen atoms in total. The summed E-state index contributed by atoms with van der Waals surface area (Å²) in [6.45, 7) is 5.25. The summed E-state index contributed by atoms with van der Waals surface area (Å²) in [5.74, 6) is -2.26. The topological polar surface area (TPSA) is 109 Å². The molecule has 1 heterocycles. The molecule has 1 aromatic carbocycles. The van der Waals surface area contributed by atoms with E-state index < -0.39 is 29.9 Å². The molecule has 2 aromatic rings. The summed E-state index contributed by atoms with van der Waals surface area (Å²) >= 11 is 0. The standard InChI is InChI=1S/C18H20N2O5/c1-10-6-7-13(9-11(10)2)15(18(23)24)20-16(21)12(3)19-17(22)14-5-4-8-25-14/h4-9,12,15H,1-3H3,(H,19,22)(H,20,21)(H,23,24). The summed E-state index contributed by atoms with van der Waals surface area (Å²) in [4.78, 5) is 35.7. The fourth-order valence-corrected chi connectivity index (χ4v) is 2.24. The average molecular weight is 344 g/mol. The van der Waals surface area contributed by atoms with Gasteiger partial charge in [-0.15, -0.1) is 0 Å². The summed E-state index contributed by atoms with van der Waals surface area (Å²) in [5, 5.41) is 14.3. The Morgan fingerprint density at radius 2 is 1.80 bits per heavy atom. The molecule has 0 radical (unpaired) electrons. The lowest BCUT2D eigenvalue weighted by Crippen LogP contribution is -2.47. The molecular weight excluding hydrogens is 324 g/mol. The number of hydrogen-bond acceptors (Lipinski definition) is 4. The number of rotatable bonds is 6. The second kappa shape index (κ2) is 7.65. The number of hydrogen-bond donors (Lipinski definition) is 3. The third kappa shape index (κ3) is 4.47. The van der Waals surface area contributed by atoms with E-state index in [1.807, 2.05) is 13.8 Å². The molecule has 2 atom stereocenters. The third-order valence-electron chi connectivity index (χ3n) is 3.88. The highest BCUT2D eigenvalue weighted by Gasteiger charge is 2.26. The Labute approximate surface area is 145 Å². The quantitative estimate of drug-likeness (QED) is 0.742. The number of aryl methyl sites for hydroxylation is 2. The SMILES string of the molecule is Cc1ccc(C(NC(=O)C(C)NC(=O)c2ccco2)C(=O)O)cc1C.